The van der Waals surface area contributed by atoms with Crippen molar-refractivity contribution in [1.29, 1.82) is 0 Å². The number of rotatable bonds is 0. The van der Waals surface area contributed by atoms with Crippen LogP contribution in [-0.2, 0) is 9.53 Å². The van der Waals surface area contributed by atoms with Crippen molar-refractivity contribution in [3.8, 4) is 0 Å². The van der Waals surface area contributed by atoms with E-state index < -0.39 is 5.60 Å². The molecule has 0 aliphatic carbocycles. The zero-order valence-corrected chi connectivity index (χ0v) is 11.0. The first-order chi connectivity index (χ1) is 7.38. The summed E-state index contributed by atoms with van der Waals surface area (Å²) in [6.45, 7) is 10.3. The number of carbonyl (C=O) groups is 2. The highest BCUT2D eigenvalue weighted by Gasteiger charge is 2.25. The van der Waals surface area contributed by atoms with Gasteiger partial charge in [0.05, 0.1) is 6.54 Å². The van der Waals surface area contributed by atoms with Crippen LogP contribution in [0.15, 0.2) is 0 Å². The largest absolute Gasteiger partial charge is 0.444 e. The number of hydrogen-bond donors (Lipinski definition) is 0. The average molecular weight is 229 g/mol. The summed E-state index contributed by atoms with van der Waals surface area (Å²) >= 11 is 0. The Morgan fingerprint density at radius 1 is 1.31 bits per heavy atom. The lowest BCUT2D eigenvalue weighted by Crippen LogP contribution is -2.43. The van der Waals surface area contributed by atoms with Crippen LogP contribution < -0.4 is 0 Å². The first-order valence-electron chi connectivity index (χ1n) is 5.88. The lowest BCUT2D eigenvalue weighted by Gasteiger charge is -2.29. The fourth-order valence-electron chi connectivity index (χ4n) is 1.32. The van der Waals surface area contributed by atoms with Gasteiger partial charge in [-0.15, -0.1) is 0 Å². The maximum Gasteiger partial charge on any atom is 0.410 e. The number of ether oxygens (including phenoxy) is 1. The van der Waals surface area contributed by atoms with E-state index in [9.17, 15) is 9.59 Å². The molecular formula is C12H23NO3. The monoisotopic (exact) mass is 229 g/mol. The predicted octanol–water partition coefficient (Wildman–Crippen LogP) is 2.61. The number of Topliss-reactive ketones (excluding diaryl/α,β-unsaturated/α-hetero) is 1. The molecule has 1 aliphatic heterocycles. The highest BCUT2D eigenvalue weighted by Crippen LogP contribution is 2.13. The van der Waals surface area contributed by atoms with E-state index in [0.717, 1.165) is 6.42 Å². The maximum absolute atomic E-state index is 11.5. The number of hydrogen-bond acceptors (Lipinski definition) is 3. The molecule has 1 heterocycles. The van der Waals surface area contributed by atoms with Gasteiger partial charge in [-0.2, -0.15) is 0 Å². The molecule has 0 radical (unpaired) electrons. The van der Waals surface area contributed by atoms with Crippen LogP contribution in [0, 0.1) is 0 Å². The number of nitrogens with zero attached hydrogens (tertiary/aromatic N) is 1. The molecule has 0 aromatic heterocycles. The fraction of sp³-hybridized carbons (Fsp3) is 0.833. The van der Waals surface area contributed by atoms with Gasteiger partial charge in [0.1, 0.15) is 5.60 Å². The average Bonchev–Trinajstić information content (AvgIpc) is 2.18. The third-order valence-corrected chi connectivity index (χ3v) is 1.90. The Kier molecular flexibility index (Phi) is 6.08. The van der Waals surface area contributed by atoms with Gasteiger partial charge in [-0.3, -0.25) is 4.79 Å². The fourth-order valence-corrected chi connectivity index (χ4v) is 1.32. The van der Waals surface area contributed by atoms with Crippen molar-refractivity contribution in [1.82, 2.24) is 4.90 Å². The third kappa shape index (κ3) is 5.73. The molecule has 94 valence electrons. The molecule has 1 amide bonds. The summed E-state index contributed by atoms with van der Waals surface area (Å²) in [5.74, 6) is 0.113. The Labute approximate surface area is 98.0 Å². The van der Waals surface area contributed by atoms with Crippen LogP contribution in [0.25, 0.3) is 0 Å². The molecule has 0 aromatic rings. The van der Waals surface area contributed by atoms with Crippen molar-refractivity contribution < 1.29 is 14.3 Å². The SMILES string of the molecule is CC.CC(C)(C)OC(=O)N1CCCC(=O)C1. The molecule has 0 aromatic carbocycles. The molecule has 0 saturated carbocycles. The molecule has 1 aliphatic rings. The molecule has 1 saturated heterocycles. The van der Waals surface area contributed by atoms with Gasteiger partial charge in [-0.1, -0.05) is 13.8 Å². The molecule has 16 heavy (non-hydrogen) atoms. The lowest BCUT2D eigenvalue weighted by molar-refractivity contribution is -0.122. The summed E-state index contributed by atoms with van der Waals surface area (Å²) in [6, 6.07) is 0. The Bertz CT molecular complexity index is 243. The van der Waals surface area contributed by atoms with Crippen LogP contribution >= 0.6 is 0 Å². The highest BCUT2D eigenvalue weighted by atomic mass is 16.6. The molecule has 1 rings (SSSR count). The third-order valence-electron chi connectivity index (χ3n) is 1.90. The molecule has 0 atom stereocenters. The zero-order chi connectivity index (χ0) is 12.8. The molecule has 0 N–H and O–H groups in total. The van der Waals surface area contributed by atoms with Crippen molar-refractivity contribution >= 4 is 11.9 Å². The van der Waals surface area contributed by atoms with E-state index >= 15 is 0 Å². The highest BCUT2D eigenvalue weighted by molar-refractivity contribution is 5.85. The molecule has 4 nitrogen and oxygen atoms in total. The van der Waals surface area contributed by atoms with Gasteiger partial charge in [-0.05, 0) is 27.2 Å². The van der Waals surface area contributed by atoms with Gasteiger partial charge in [0.25, 0.3) is 0 Å². The predicted molar refractivity (Wildman–Crippen MR) is 63.4 cm³/mol. The molecule has 0 bridgehead atoms. The van der Waals surface area contributed by atoms with Crippen molar-refractivity contribution in [2.24, 2.45) is 0 Å². The van der Waals surface area contributed by atoms with Crippen molar-refractivity contribution in [2.45, 2.75) is 53.1 Å². The Balaban J connectivity index is 0.00000106. The first kappa shape index (κ1) is 14.9. The summed E-state index contributed by atoms with van der Waals surface area (Å²) in [5.41, 5.74) is -0.489. The second-order valence-electron chi connectivity index (χ2n) is 4.54. The quantitative estimate of drug-likeness (QED) is 0.641. The summed E-state index contributed by atoms with van der Waals surface area (Å²) in [5, 5.41) is 0. The second-order valence-corrected chi connectivity index (χ2v) is 4.54. The topological polar surface area (TPSA) is 46.6 Å². The van der Waals surface area contributed by atoms with Gasteiger partial charge < -0.3 is 9.64 Å². The zero-order valence-electron chi connectivity index (χ0n) is 11.0. The Morgan fingerprint density at radius 2 is 1.88 bits per heavy atom. The maximum atomic E-state index is 11.5. The minimum atomic E-state index is -0.489. The van der Waals surface area contributed by atoms with E-state index in [2.05, 4.69) is 0 Å². The number of likely N-dealkylation sites (tertiary alicyclic amines) is 1. The second kappa shape index (κ2) is 6.51. The van der Waals surface area contributed by atoms with Gasteiger partial charge in [0, 0.05) is 13.0 Å². The summed E-state index contributed by atoms with van der Waals surface area (Å²) in [4.78, 5) is 24.1. The van der Waals surface area contributed by atoms with Crippen LogP contribution in [0.5, 0.6) is 0 Å². The molecule has 0 spiro atoms. The van der Waals surface area contributed by atoms with Crippen molar-refractivity contribution in [3.63, 3.8) is 0 Å². The normalized spacial score (nSPS) is 16.3. The molecule has 4 heteroatoms. The standard InChI is InChI=1S/C10H17NO3.C2H6/c1-10(2,3)14-9(13)11-6-4-5-8(12)7-11;1-2/h4-7H2,1-3H3;1-2H3. The van der Waals surface area contributed by atoms with Crippen LogP contribution in [0.1, 0.15) is 47.5 Å². The van der Waals surface area contributed by atoms with E-state index in [1.165, 1.54) is 4.90 Å². The van der Waals surface area contributed by atoms with Gasteiger partial charge >= 0.3 is 6.09 Å². The van der Waals surface area contributed by atoms with Crippen LogP contribution in [0.3, 0.4) is 0 Å². The summed E-state index contributed by atoms with van der Waals surface area (Å²) in [6.07, 6.45) is 0.947. The summed E-state index contributed by atoms with van der Waals surface area (Å²) in [7, 11) is 0. The number of amides is 1. The van der Waals surface area contributed by atoms with Crippen LogP contribution in [-0.4, -0.2) is 35.5 Å². The minimum absolute atomic E-state index is 0.113. The lowest BCUT2D eigenvalue weighted by atomic mass is 10.1. The smallest absolute Gasteiger partial charge is 0.410 e. The van der Waals surface area contributed by atoms with Gasteiger partial charge in [0.15, 0.2) is 5.78 Å². The van der Waals surface area contributed by atoms with E-state index in [-0.39, 0.29) is 18.4 Å². The van der Waals surface area contributed by atoms with E-state index in [1.807, 2.05) is 34.6 Å². The van der Waals surface area contributed by atoms with Crippen molar-refractivity contribution in [2.75, 3.05) is 13.1 Å². The number of ketones is 1. The van der Waals surface area contributed by atoms with Gasteiger partial charge in [-0.25, -0.2) is 4.79 Å². The van der Waals surface area contributed by atoms with Crippen molar-refractivity contribution in [3.05, 3.63) is 0 Å². The molecule has 0 unspecified atom stereocenters. The first-order valence-corrected chi connectivity index (χ1v) is 5.88. The van der Waals surface area contributed by atoms with E-state index in [1.54, 1.807) is 0 Å². The van der Waals surface area contributed by atoms with Crippen LogP contribution in [0.2, 0.25) is 0 Å². The van der Waals surface area contributed by atoms with Gasteiger partial charge in [0.2, 0.25) is 0 Å². The molecular weight excluding hydrogens is 206 g/mol. The molecule has 1 fully saturated rings. The minimum Gasteiger partial charge on any atom is -0.444 e. The van der Waals surface area contributed by atoms with E-state index in [4.69, 9.17) is 4.74 Å². The summed E-state index contributed by atoms with van der Waals surface area (Å²) < 4.78 is 5.16. The Morgan fingerprint density at radius 3 is 2.31 bits per heavy atom. The van der Waals surface area contributed by atoms with E-state index in [0.29, 0.717) is 13.0 Å². The number of carbonyl (C=O) groups excluding carboxylic acids is 2. The Hall–Kier alpha value is -1.06. The number of piperidine rings is 1. The van der Waals surface area contributed by atoms with Crippen LogP contribution in [0.4, 0.5) is 4.79 Å².